The number of rotatable bonds is 8. The zero-order valence-corrected chi connectivity index (χ0v) is 11.0. The summed E-state index contributed by atoms with van der Waals surface area (Å²) in [5.41, 5.74) is 0.749. The predicted octanol–water partition coefficient (Wildman–Crippen LogP) is 2.50. The fourth-order valence-corrected chi connectivity index (χ4v) is 1.66. The van der Waals surface area contributed by atoms with Gasteiger partial charge in [0.05, 0.1) is 19.3 Å². The smallest absolute Gasteiger partial charge is 0.307 e. The van der Waals surface area contributed by atoms with Crippen molar-refractivity contribution in [2.24, 2.45) is 0 Å². The van der Waals surface area contributed by atoms with Crippen LogP contribution in [0.1, 0.15) is 11.3 Å². The van der Waals surface area contributed by atoms with Crippen molar-refractivity contribution in [3.63, 3.8) is 0 Å². The molecule has 5 nitrogen and oxygen atoms in total. The van der Waals surface area contributed by atoms with Crippen molar-refractivity contribution >= 4 is 5.97 Å². The van der Waals surface area contributed by atoms with Gasteiger partial charge in [-0.2, -0.15) is 0 Å². The molecule has 0 spiro atoms. The van der Waals surface area contributed by atoms with E-state index in [9.17, 15) is 4.79 Å². The Balaban J connectivity index is 1.65. The molecule has 106 valence electrons. The van der Waals surface area contributed by atoms with E-state index in [4.69, 9.17) is 19.0 Å². The van der Waals surface area contributed by atoms with E-state index >= 15 is 0 Å². The fraction of sp³-hybridized carbons (Fsp3) is 0.267. The molecule has 1 aromatic carbocycles. The van der Waals surface area contributed by atoms with E-state index < -0.39 is 5.97 Å². The van der Waals surface area contributed by atoms with Gasteiger partial charge in [-0.25, -0.2) is 0 Å². The Bertz CT molecular complexity index is 516. The first-order valence-electron chi connectivity index (χ1n) is 6.28. The summed E-state index contributed by atoms with van der Waals surface area (Å²) in [7, 11) is 0. The number of aliphatic carboxylic acids is 1. The number of hydrogen-bond acceptors (Lipinski definition) is 4. The maximum absolute atomic E-state index is 10.5. The molecule has 0 radical (unpaired) electrons. The standard InChI is InChI=1S/C15H16O5/c16-15(17)10-12-3-5-13(6-4-12)20-9-8-18-11-14-2-1-7-19-14/h1-7H,8-11H2,(H,16,17). The average Bonchev–Trinajstić information content (AvgIpc) is 2.93. The molecule has 1 N–H and O–H groups in total. The van der Waals surface area contributed by atoms with Gasteiger partial charge in [-0.3, -0.25) is 4.79 Å². The molecular weight excluding hydrogens is 260 g/mol. The normalized spacial score (nSPS) is 10.4. The van der Waals surface area contributed by atoms with Crippen LogP contribution in [0.15, 0.2) is 47.1 Å². The van der Waals surface area contributed by atoms with Crippen LogP contribution in [-0.2, 0) is 22.6 Å². The molecule has 5 heteroatoms. The summed E-state index contributed by atoms with van der Waals surface area (Å²) < 4.78 is 16.0. The molecule has 0 bridgehead atoms. The first-order chi connectivity index (χ1) is 9.74. The van der Waals surface area contributed by atoms with Crippen molar-refractivity contribution in [3.05, 3.63) is 54.0 Å². The summed E-state index contributed by atoms with van der Waals surface area (Å²) >= 11 is 0. The Morgan fingerprint density at radius 2 is 1.95 bits per heavy atom. The maximum atomic E-state index is 10.5. The Labute approximate surface area is 116 Å². The van der Waals surface area contributed by atoms with Crippen molar-refractivity contribution in [2.75, 3.05) is 13.2 Å². The Kier molecular flexibility index (Phi) is 5.20. The van der Waals surface area contributed by atoms with Gasteiger partial charge < -0.3 is 19.0 Å². The van der Waals surface area contributed by atoms with E-state index in [1.807, 2.05) is 12.1 Å². The number of furan rings is 1. The van der Waals surface area contributed by atoms with Gasteiger partial charge in [0, 0.05) is 0 Å². The lowest BCUT2D eigenvalue weighted by molar-refractivity contribution is -0.136. The Hall–Kier alpha value is -2.27. The van der Waals surface area contributed by atoms with Gasteiger partial charge >= 0.3 is 5.97 Å². The first-order valence-corrected chi connectivity index (χ1v) is 6.28. The molecule has 2 rings (SSSR count). The molecule has 0 saturated carbocycles. The second-order valence-corrected chi connectivity index (χ2v) is 4.19. The minimum Gasteiger partial charge on any atom is -0.491 e. The van der Waals surface area contributed by atoms with E-state index in [-0.39, 0.29) is 6.42 Å². The highest BCUT2D eigenvalue weighted by molar-refractivity contribution is 5.70. The molecule has 0 aliphatic carbocycles. The molecular formula is C15H16O5. The van der Waals surface area contributed by atoms with Gasteiger partial charge in [-0.1, -0.05) is 12.1 Å². The minimum absolute atomic E-state index is 0.0204. The number of carboxylic acids is 1. The van der Waals surface area contributed by atoms with E-state index in [0.29, 0.717) is 25.6 Å². The number of carbonyl (C=O) groups is 1. The van der Waals surface area contributed by atoms with Gasteiger partial charge in [0.1, 0.15) is 24.7 Å². The lowest BCUT2D eigenvalue weighted by Gasteiger charge is -2.07. The van der Waals surface area contributed by atoms with Crippen LogP contribution in [0, 0.1) is 0 Å². The fourth-order valence-electron chi connectivity index (χ4n) is 1.66. The van der Waals surface area contributed by atoms with Crippen LogP contribution in [-0.4, -0.2) is 24.3 Å². The molecule has 20 heavy (non-hydrogen) atoms. The minimum atomic E-state index is -0.843. The zero-order valence-electron chi connectivity index (χ0n) is 11.0. The molecule has 1 heterocycles. The predicted molar refractivity (Wildman–Crippen MR) is 71.6 cm³/mol. The Morgan fingerprint density at radius 3 is 2.60 bits per heavy atom. The Morgan fingerprint density at radius 1 is 1.15 bits per heavy atom. The van der Waals surface area contributed by atoms with Gasteiger partial charge in [-0.15, -0.1) is 0 Å². The monoisotopic (exact) mass is 276 g/mol. The summed E-state index contributed by atoms with van der Waals surface area (Å²) in [6.07, 6.45) is 1.63. The van der Waals surface area contributed by atoms with Crippen molar-refractivity contribution in [3.8, 4) is 5.75 Å². The molecule has 0 saturated heterocycles. The van der Waals surface area contributed by atoms with Crippen molar-refractivity contribution in [1.29, 1.82) is 0 Å². The molecule has 1 aromatic heterocycles. The SMILES string of the molecule is O=C(O)Cc1ccc(OCCOCc2ccco2)cc1. The van der Waals surface area contributed by atoms with E-state index in [1.165, 1.54) is 0 Å². The molecule has 0 amide bonds. The molecule has 0 aliphatic heterocycles. The third kappa shape index (κ3) is 4.78. The van der Waals surface area contributed by atoms with E-state index in [2.05, 4.69) is 0 Å². The third-order valence-corrected chi connectivity index (χ3v) is 2.60. The molecule has 0 aliphatic rings. The first kappa shape index (κ1) is 14.1. The second-order valence-electron chi connectivity index (χ2n) is 4.19. The average molecular weight is 276 g/mol. The summed E-state index contributed by atoms with van der Waals surface area (Å²) in [6.45, 7) is 1.31. The van der Waals surface area contributed by atoms with Crippen LogP contribution in [0.4, 0.5) is 0 Å². The summed E-state index contributed by atoms with van der Waals surface area (Å²) in [5.74, 6) is 0.633. The van der Waals surface area contributed by atoms with Gasteiger partial charge in [-0.05, 0) is 29.8 Å². The van der Waals surface area contributed by atoms with Crippen molar-refractivity contribution in [2.45, 2.75) is 13.0 Å². The third-order valence-electron chi connectivity index (χ3n) is 2.60. The number of hydrogen-bond donors (Lipinski definition) is 1. The summed E-state index contributed by atoms with van der Waals surface area (Å²) in [6, 6.07) is 10.7. The van der Waals surface area contributed by atoms with Crippen LogP contribution >= 0.6 is 0 Å². The second kappa shape index (κ2) is 7.35. The van der Waals surface area contributed by atoms with E-state index in [0.717, 1.165) is 11.3 Å². The summed E-state index contributed by atoms with van der Waals surface area (Å²) in [4.78, 5) is 10.5. The topological polar surface area (TPSA) is 68.9 Å². The summed E-state index contributed by atoms with van der Waals surface area (Å²) in [5, 5.41) is 8.66. The quantitative estimate of drug-likeness (QED) is 0.750. The zero-order chi connectivity index (χ0) is 14.2. The molecule has 0 fully saturated rings. The molecule has 0 atom stereocenters. The largest absolute Gasteiger partial charge is 0.491 e. The number of carboxylic acid groups (broad SMARTS) is 1. The highest BCUT2D eigenvalue weighted by Crippen LogP contribution is 2.12. The van der Waals surface area contributed by atoms with Crippen LogP contribution < -0.4 is 4.74 Å². The lowest BCUT2D eigenvalue weighted by atomic mass is 10.1. The van der Waals surface area contributed by atoms with Crippen molar-refractivity contribution in [1.82, 2.24) is 0 Å². The molecule has 2 aromatic rings. The highest BCUT2D eigenvalue weighted by atomic mass is 16.5. The van der Waals surface area contributed by atoms with Gasteiger partial charge in [0.25, 0.3) is 0 Å². The van der Waals surface area contributed by atoms with Crippen LogP contribution in [0.25, 0.3) is 0 Å². The van der Waals surface area contributed by atoms with Gasteiger partial charge in [0.2, 0.25) is 0 Å². The lowest BCUT2D eigenvalue weighted by Crippen LogP contribution is -2.06. The van der Waals surface area contributed by atoms with Crippen LogP contribution in [0.3, 0.4) is 0 Å². The maximum Gasteiger partial charge on any atom is 0.307 e. The number of ether oxygens (including phenoxy) is 2. The van der Waals surface area contributed by atoms with Crippen LogP contribution in [0.5, 0.6) is 5.75 Å². The van der Waals surface area contributed by atoms with Gasteiger partial charge in [0.15, 0.2) is 0 Å². The van der Waals surface area contributed by atoms with Crippen LogP contribution in [0.2, 0.25) is 0 Å². The number of benzene rings is 1. The molecule has 0 unspecified atom stereocenters. The van der Waals surface area contributed by atoms with Crippen molar-refractivity contribution < 1.29 is 23.8 Å². The highest BCUT2D eigenvalue weighted by Gasteiger charge is 2.01. The van der Waals surface area contributed by atoms with E-state index in [1.54, 1.807) is 30.5 Å².